The number of aryl methyl sites for hydroxylation is 1. The fraction of sp³-hybridized carbons (Fsp3) is 0.409. The topological polar surface area (TPSA) is 80.0 Å². The molecule has 1 atom stereocenters. The Labute approximate surface area is 173 Å². The van der Waals surface area contributed by atoms with E-state index in [-0.39, 0.29) is 11.5 Å². The third kappa shape index (κ3) is 3.86. The molecule has 0 bridgehead atoms. The van der Waals surface area contributed by atoms with Crippen molar-refractivity contribution in [1.29, 1.82) is 0 Å². The fourth-order valence-electron chi connectivity index (χ4n) is 3.68. The molecule has 1 fully saturated rings. The molecule has 1 aliphatic rings. The number of amides is 2. The van der Waals surface area contributed by atoms with Crippen molar-refractivity contribution >= 4 is 22.7 Å². The summed E-state index contributed by atoms with van der Waals surface area (Å²) in [5, 5.41) is 5.94. The highest BCUT2D eigenvalue weighted by atomic mass is 19.1. The number of carbonyl (C=O) groups excluding carboxylic acids is 1. The summed E-state index contributed by atoms with van der Waals surface area (Å²) in [7, 11) is 0. The molecule has 0 unspecified atom stereocenters. The highest BCUT2D eigenvalue weighted by Gasteiger charge is 2.27. The third-order valence-electron chi connectivity index (χ3n) is 5.63. The van der Waals surface area contributed by atoms with E-state index in [9.17, 15) is 13.6 Å². The molecular formula is C22H24F2N4O2. The number of anilines is 1. The van der Waals surface area contributed by atoms with Crippen LogP contribution < -0.4 is 10.6 Å². The first-order chi connectivity index (χ1) is 14.3. The van der Waals surface area contributed by atoms with Gasteiger partial charge in [-0.1, -0.05) is 20.3 Å². The van der Waals surface area contributed by atoms with Gasteiger partial charge in [0.1, 0.15) is 17.4 Å². The second-order valence-corrected chi connectivity index (χ2v) is 8.13. The van der Waals surface area contributed by atoms with Crippen LogP contribution in [0.3, 0.4) is 0 Å². The van der Waals surface area contributed by atoms with Gasteiger partial charge in [-0.05, 0) is 31.7 Å². The van der Waals surface area contributed by atoms with Crippen LogP contribution in [0.4, 0.5) is 19.3 Å². The molecule has 4 rings (SSSR count). The Morgan fingerprint density at radius 3 is 2.50 bits per heavy atom. The normalized spacial score (nSPS) is 15.3. The van der Waals surface area contributed by atoms with Crippen LogP contribution in [0.15, 0.2) is 28.9 Å². The molecule has 1 aromatic carbocycles. The quantitative estimate of drug-likeness (QED) is 0.570. The number of furan rings is 1. The van der Waals surface area contributed by atoms with Gasteiger partial charge in [0, 0.05) is 22.9 Å². The second-order valence-electron chi connectivity index (χ2n) is 8.13. The number of aromatic nitrogens is 2. The summed E-state index contributed by atoms with van der Waals surface area (Å²) in [5.41, 5.74) is 1.06. The van der Waals surface area contributed by atoms with Gasteiger partial charge in [-0.2, -0.15) is 0 Å². The minimum atomic E-state index is -0.769. The Hall–Kier alpha value is -3.03. The van der Waals surface area contributed by atoms with E-state index in [1.54, 1.807) is 19.3 Å². The summed E-state index contributed by atoms with van der Waals surface area (Å²) in [6.45, 7) is 5.54. The van der Waals surface area contributed by atoms with Crippen LogP contribution >= 0.6 is 0 Å². The molecular weight excluding hydrogens is 390 g/mol. The van der Waals surface area contributed by atoms with Gasteiger partial charge in [0.15, 0.2) is 11.4 Å². The van der Waals surface area contributed by atoms with Crippen molar-refractivity contribution in [2.24, 2.45) is 5.92 Å². The highest BCUT2D eigenvalue weighted by Crippen LogP contribution is 2.35. The van der Waals surface area contributed by atoms with Crippen molar-refractivity contribution in [3.8, 4) is 0 Å². The first kappa shape index (κ1) is 20.3. The van der Waals surface area contributed by atoms with E-state index in [1.165, 1.54) is 12.5 Å². The van der Waals surface area contributed by atoms with E-state index >= 15 is 0 Å². The van der Waals surface area contributed by atoms with Crippen LogP contribution in [0.5, 0.6) is 0 Å². The molecule has 2 amide bonds. The molecule has 2 N–H and O–H groups in total. The molecule has 1 aliphatic carbocycles. The van der Waals surface area contributed by atoms with Crippen LogP contribution in [0.1, 0.15) is 62.2 Å². The monoisotopic (exact) mass is 414 g/mol. The van der Waals surface area contributed by atoms with Crippen LogP contribution in [-0.4, -0.2) is 16.0 Å². The van der Waals surface area contributed by atoms with Gasteiger partial charge >= 0.3 is 6.03 Å². The number of hydrogen-bond acceptors (Lipinski definition) is 4. The van der Waals surface area contributed by atoms with Crippen molar-refractivity contribution in [3.63, 3.8) is 0 Å². The van der Waals surface area contributed by atoms with Crippen molar-refractivity contribution in [2.75, 3.05) is 5.32 Å². The van der Waals surface area contributed by atoms with E-state index in [1.807, 2.05) is 13.8 Å². The molecule has 2 heterocycles. The molecule has 158 valence electrons. The molecule has 2 aromatic heterocycles. The average molecular weight is 414 g/mol. The molecule has 30 heavy (non-hydrogen) atoms. The van der Waals surface area contributed by atoms with Gasteiger partial charge < -0.3 is 15.1 Å². The maximum atomic E-state index is 14.1. The molecule has 0 spiro atoms. The first-order valence-corrected chi connectivity index (χ1v) is 10.1. The van der Waals surface area contributed by atoms with Crippen LogP contribution in [0.2, 0.25) is 0 Å². The van der Waals surface area contributed by atoms with E-state index < -0.39 is 23.7 Å². The van der Waals surface area contributed by atoms with Crippen molar-refractivity contribution in [1.82, 2.24) is 15.3 Å². The maximum absolute atomic E-state index is 14.1. The molecule has 0 radical (unpaired) electrons. The number of hydrogen-bond donors (Lipinski definition) is 2. The summed E-state index contributed by atoms with van der Waals surface area (Å²) >= 11 is 0. The van der Waals surface area contributed by atoms with Crippen LogP contribution in [0.25, 0.3) is 11.0 Å². The Morgan fingerprint density at radius 2 is 1.90 bits per heavy atom. The zero-order valence-corrected chi connectivity index (χ0v) is 17.1. The Balaban J connectivity index is 1.52. The number of rotatable bonds is 5. The third-order valence-corrected chi connectivity index (χ3v) is 5.63. The zero-order chi connectivity index (χ0) is 21.4. The number of carbonyl (C=O) groups is 1. The lowest BCUT2D eigenvalue weighted by atomic mass is 9.85. The number of benzene rings is 1. The number of urea groups is 1. The molecule has 0 aliphatic heterocycles. The molecule has 1 saturated carbocycles. The molecule has 3 aromatic rings. The number of halogens is 2. The minimum Gasteiger partial charge on any atom is -0.455 e. The molecule has 8 heteroatoms. The van der Waals surface area contributed by atoms with Gasteiger partial charge in [-0.3, -0.25) is 0 Å². The van der Waals surface area contributed by atoms with Crippen LogP contribution in [-0.2, 0) is 0 Å². The standard InChI is InChI=1S/C22H24F2N4O2/c1-11(2)18(19-12(3)16-7-14(23)8-17(24)20(16)30-19)28-22(29)27-15-9-25-21(26-10-15)13-5-4-6-13/h7-11,13,18H,4-6H2,1-3H3,(H2,27,28,29)/t18-/m0/s1. The minimum absolute atomic E-state index is 0.0169. The van der Waals surface area contributed by atoms with E-state index in [0.29, 0.717) is 28.3 Å². The summed E-state index contributed by atoms with van der Waals surface area (Å²) in [5.74, 6) is 0.123. The Bertz CT molecular complexity index is 1070. The molecule has 0 saturated heterocycles. The second kappa shape index (κ2) is 8.01. The maximum Gasteiger partial charge on any atom is 0.319 e. The van der Waals surface area contributed by atoms with Gasteiger partial charge in [0.05, 0.1) is 24.1 Å². The Morgan fingerprint density at radius 1 is 1.20 bits per heavy atom. The van der Waals surface area contributed by atoms with Crippen molar-refractivity contribution in [3.05, 3.63) is 53.3 Å². The van der Waals surface area contributed by atoms with Gasteiger partial charge in [0.25, 0.3) is 0 Å². The number of nitrogens with one attached hydrogen (secondary N) is 2. The number of nitrogens with zero attached hydrogens (tertiary/aromatic N) is 2. The lowest BCUT2D eigenvalue weighted by Crippen LogP contribution is -2.35. The predicted molar refractivity (Wildman–Crippen MR) is 109 cm³/mol. The van der Waals surface area contributed by atoms with E-state index in [2.05, 4.69) is 20.6 Å². The first-order valence-electron chi connectivity index (χ1n) is 10.1. The smallest absolute Gasteiger partial charge is 0.319 e. The lowest BCUT2D eigenvalue weighted by Gasteiger charge is -2.23. The number of fused-ring (bicyclic) bond motifs is 1. The van der Waals surface area contributed by atoms with Gasteiger partial charge in [-0.25, -0.2) is 23.5 Å². The van der Waals surface area contributed by atoms with E-state index in [0.717, 1.165) is 24.7 Å². The Kier molecular flexibility index (Phi) is 5.40. The zero-order valence-electron chi connectivity index (χ0n) is 17.1. The predicted octanol–water partition coefficient (Wildman–Crippen LogP) is 5.60. The summed E-state index contributed by atoms with van der Waals surface area (Å²) in [4.78, 5) is 21.3. The summed E-state index contributed by atoms with van der Waals surface area (Å²) in [6.07, 6.45) is 6.59. The SMILES string of the molecule is Cc1c([C@@H](NC(=O)Nc2cnc(C3CCC3)nc2)C(C)C)oc2c(F)cc(F)cc12. The summed E-state index contributed by atoms with van der Waals surface area (Å²) in [6, 6.07) is 1.03. The van der Waals surface area contributed by atoms with E-state index in [4.69, 9.17) is 4.42 Å². The fourth-order valence-corrected chi connectivity index (χ4v) is 3.68. The van der Waals surface area contributed by atoms with Gasteiger partial charge in [-0.15, -0.1) is 0 Å². The molecule has 6 nitrogen and oxygen atoms in total. The van der Waals surface area contributed by atoms with Gasteiger partial charge in [0.2, 0.25) is 0 Å². The van der Waals surface area contributed by atoms with Crippen molar-refractivity contribution < 1.29 is 18.0 Å². The average Bonchev–Trinajstić information content (AvgIpc) is 2.97. The highest BCUT2D eigenvalue weighted by molar-refractivity contribution is 5.89. The largest absolute Gasteiger partial charge is 0.455 e. The summed E-state index contributed by atoms with van der Waals surface area (Å²) < 4.78 is 33.5. The lowest BCUT2D eigenvalue weighted by molar-refractivity contribution is 0.241. The van der Waals surface area contributed by atoms with Crippen molar-refractivity contribution in [2.45, 2.75) is 52.0 Å². The van der Waals surface area contributed by atoms with Crippen LogP contribution in [0, 0.1) is 24.5 Å².